The van der Waals surface area contributed by atoms with Crippen LogP contribution in [0.2, 0.25) is 0 Å². The standard InChI is InChI=1S/C11H19NO3/c1-7(2)6-15-12-5-8-9(10(13)14)11(8,3)4/h5,7-9H,6H2,1-4H3,(H,13,14)/t8-,9+/m1/s1. The van der Waals surface area contributed by atoms with Gasteiger partial charge in [-0.3, -0.25) is 4.79 Å². The molecule has 0 aromatic heterocycles. The monoisotopic (exact) mass is 213 g/mol. The van der Waals surface area contributed by atoms with Crippen molar-refractivity contribution in [1.29, 1.82) is 0 Å². The van der Waals surface area contributed by atoms with E-state index in [1.807, 2.05) is 27.7 Å². The molecule has 1 fully saturated rings. The van der Waals surface area contributed by atoms with Crippen molar-refractivity contribution in [3.05, 3.63) is 0 Å². The third-order valence-electron chi connectivity index (χ3n) is 2.88. The fraction of sp³-hybridized carbons (Fsp3) is 0.818. The number of carboxylic acids is 1. The second kappa shape index (κ2) is 4.21. The number of hydrogen-bond donors (Lipinski definition) is 1. The van der Waals surface area contributed by atoms with E-state index >= 15 is 0 Å². The van der Waals surface area contributed by atoms with Gasteiger partial charge in [-0.05, 0) is 11.3 Å². The smallest absolute Gasteiger partial charge is 0.307 e. The summed E-state index contributed by atoms with van der Waals surface area (Å²) in [6, 6.07) is 0. The van der Waals surface area contributed by atoms with Gasteiger partial charge in [-0.25, -0.2) is 0 Å². The van der Waals surface area contributed by atoms with Crippen LogP contribution in [-0.2, 0) is 9.63 Å². The van der Waals surface area contributed by atoms with E-state index in [-0.39, 0.29) is 17.3 Å². The second-order valence-corrected chi connectivity index (χ2v) is 5.11. The van der Waals surface area contributed by atoms with Gasteiger partial charge in [0.15, 0.2) is 0 Å². The summed E-state index contributed by atoms with van der Waals surface area (Å²) in [4.78, 5) is 15.9. The molecule has 0 saturated heterocycles. The minimum atomic E-state index is -0.750. The molecule has 86 valence electrons. The Balaban J connectivity index is 2.38. The van der Waals surface area contributed by atoms with Crippen LogP contribution in [0.3, 0.4) is 0 Å². The van der Waals surface area contributed by atoms with Crippen molar-refractivity contribution in [3.8, 4) is 0 Å². The van der Waals surface area contributed by atoms with Gasteiger partial charge in [0.2, 0.25) is 0 Å². The first kappa shape index (κ1) is 12.0. The number of carboxylic acid groups (broad SMARTS) is 1. The average molecular weight is 213 g/mol. The van der Waals surface area contributed by atoms with E-state index in [0.717, 1.165) is 0 Å². The van der Waals surface area contributed by atoms with Crippen LogP contribution < -0.4 is 0 Å². The van der Waals surface area contributed by atoms with Gasteiger partial charge in [0, 0.05) is 12.1 Å². The summed E-state index contributed by atoms with van der Waals surface area (Å²) >= 11 is 0. The Morgan fingerprint density at radius 1 is 1.60 bits per heavy atom. The molecule has 1 aliphatic rings. The van der Waals surface area contributed by atoms with Gasteiger partial charge >= 0.3 is 5.97 Å². The van der Waals surface area contributed by atoms with Crippen LogP contribution in [0.15, 0.2) is 5.16 Å². The van der Waals surface area contributed by atoms with Crippen LogP contribution in [0.5, 0.6) is 0 Å². The molecule has 1 rings (SSSR count). The highest BCUT2D eigenvalue weighted by Crippen LogP contribution is 2.57. The van der Waals surface area contributed by atoms with E-state index in [1.165, 1.54) is 0 Å². The van der Waals surface area contributed by atoms with Gasteiger partial charge in [0.05, 0.1) is 5.92 Å². The van der Waals surface area contributed by atoms with E-state index in [2.05, 4.69) is 5.16 Å². The lowest BCUT2D eigenvalue weighted by Crippen LogP contribution is -2.03. The molecule has 4 heteroatoms. The second-order valence-electron chi connectivity index (χ2n) is 5.11. The molecule has 1 N–H and O–H groups in total. The summed E-state index contributed by atoms with van der Waals surface area (Å²) in [6.45, 7) is 8.52. The predicted octanol–water partition coefficient (Wildman–Crippen LogP) is 2.00. The van der Waals surface area contributed by atoms with Gasteiger partial charge in [0.1, 0.15) is 6.61 Å². The molecule has 1 aliphatic carbocycles. The lowest BCUT2D eigenvalue weighted by atomic mass is 10.1. The minimum absolute atomic E-state index is 0.00200. The summed E-state index contributed by atoms with van der Waals surface area (Å²) in [6.07, 6.45) is 1.63. The van der Waals surface area contributed by atoms with Crippen molar-refractivity contribution in [3.63, 3.8) is 0 Å². The van der Waals surface area contributed by atoms with Crippen LogP contribution in [0.4, 0.5) is 0 Å². The van der Waals surface area contributed by atoms with Gasteiger partial charge in [-0.2, -0.15) is 0 Å². The zero-order chi connectivity index (χ0) is 11.6. The molecule has 0 spiro atoms. The molecular weight excluding hydrogens is 194 g/mol. The molecule has 0 bridgehead atoms. The Bertz CT molecular complexity index is 271. The maximum absolute atomic E-state index is 10.8. The number of oxime groups is 1. The number of hydrogen-bond acceptors (Lipinski definition) is 3. The van der Waals surface area contributed by atoms with E-state index < -0.39 is 5.97 Å². The maximum atomic E-state index is 10.8. The number of rotatable bonds is 5. The predicted molar refractivity (Wildman–Crippen MR) is 57.7 cm³/mol. The highest BCUT2D eigenvalue weighted by atomic mass is 16.6. The van der Waals surface area contributed by atoms with Gasteiger partial charge in [-0.15, -0.1) is 0 Å². The number of carbonyl (C=O) groups is 1. The summed E-state index contributed by atoms with van der Waals surface area (Å²) in [5.74, 6) is -0.629. The fourth-order valence-electron chi connectivity index (χ4n) is 1.73. The van der Waals surface area contributed by atoms with Crippen molar-refractivity contribution < 1.29 is 14.7 Å². The molecule has 0 aromatic rings. The molecular formula is C11H19NO3. The molecule has 4 nitrogen and oxygen atoms in total. The van der Waals surface area contributed by atoms with Crippen LogP contribution in [0.25, 0.3) is 0 Å². The molecule has 0 heterocycles. The first-order chi connectivity index (χ1) is 6.87. The quantitative estimate of drug-likeness (QED) is 0.561. The van der Waals surface area contributed by atoms with Crippen LogP contribution in [-0.4, -0.2) is 23.9 Å². The SMILES string of the molecule is CC(C)CON=C[C@@H]1[C@@H](C(=O)O)C1(C)C. The van der Waals surface area contributed by atoms with Crippen molar-refractivity contribution in [2.24, 2.45) is 28.3 Å². The summed E-state index contributed by atoms with van der Waals surface area (Å²) in [5.41, 5.74) is -0.184. The summed E-state index contributed by atoms with van der Waals surface area (Å²) < 4.78 is 0. The Morgan fingerprint density at radius 3 is 2.60 bits per heavy atom. The van der Waals surface area contributed by atoms with Crippen molar-refractivity contribution in [2.45, 2.75) is 27.7 Å². The molecule has 0 radical (unpaired) electrons. The summed E-state index contributed by atoms with van der Waals surface area (Å²) in [7, 11) is 0. The van der Waals surface area contributed by atoms with Gasteiger partial charge < -0.3 is 9.94 Å². The maximum Gasteiger partial charge on any atom is 0.307 e. The molecule has 2 atom stereocenters. The highest BCUT2D eigenvalue weighted by Gasteiger charge is 2.61. The van der Waals surface area contributed by atoms with Crippen molar-refractivity contribution in [1.82, 2.24) is 0 Å². The zero-order valence-corrected chi connectivity index (χ0v) is 9.73. The first-order valence-electron chi connectivity index (χ1n) is 5.25. The Morgan fingerprint density at radius 2 is 2.20 bits per heavy atom. The van der Waals surface area contributed by atoms with E-state index in [4.69, 9.17) is 9.94 Å². The topological polar surface area (TPSA) is 58.9 Å². The van der Waals surface area contributed by atoms with Crippen LogP contribution in [0.1, 0.15) is 27.7 Å². The molecule has 0 unspecified atom stereocenters. The minimum Gasteiger partial charge on any atom is -0.481 e. The molecule has 0 aliphatic heterocycles. The molecule has 1 saturated carbocycles. The van der Waals surface area contributed by atoms with Gasteiger partial charge in [0.25, 0.3) is 0 Å². The summed E-state index contributed by atoms with van der Waals surface area (Å²) in [5, 5.41) is 12.7. The molecule has 0 amide bonds. The van der Waals surface area contributed by atoms with Crippen molar-refractivity contribution >= 4 is 12.2 Å². The average Bonchev–Trinajstić information content (AvgIpc) is 2.62. The van der Waals surface area contributed by atoms with Gasteiger partial charge in [-0.1, -0.05) is 32.9 Å². The largest absolute Gasteiger partial charge is 0.481 e. The highest BCUT2D eigenvalue weighted by molar-refractivity contribution is 5.84. The van der Waals surface area contributed by atoms with E-state index in [0.29, 0.717) is 12.5 Å². The first-order valence-corrected chi connectivity index (χ1v) is 5.25. The van der Waals surface area contributed by atoms with Crippen LogP contribution >= 0.6 is 0 Å². The lowest BCUT2D eigenvalue weighted by molar-refractivity contribution is -0.139. The molecule has 15 heavy (non-hydrogen) atoms. The molecule has 0 aromatic carbocycles. The number of nitrogens with zero attached hydrogens (tertiary/aromatic N) is 1. The van der Waals surface area contributed by atoms with E-state index in [1.54, 1.807) is 6.21 Å². The normalized spacial score (nSPS) is 28.3. The van der Waals surface area contributed by atoms with E-state index in [9.17, 15) is 4.79 Å². The Labute approximate surface area is 90.3 Å². The fourth-order valence-corrected chi connectivity index (χ4v) is 1.73. The third-order valence-corrected chi connectivity index (χ3v) is 2.88. The lowest BCUT2D eigenvalue weighted by Gasteiger charge is -2.01. The van der Waals surface area contributed by atoms with Crippen molar-refractivity contribution in [2.75, 3.05) is 6.61 Å². The third kappa shape index (κ3) is 2.70. The Hall–Kier alpha value is -1.06. The number of aliphatic carboxylic acids is 1. The Kier molecular flexibility index (Phi) is 3.37. The van der Waals surface area contributed by atoms with Crippen LogP contribution in [0, 0.1) is 23.2 Å². The zero-order valence-electron chi connectivity index (χ0n) is 9.73.